The summed E-state index contributed by atoms with van der Waals surface area (Å²) in [7, 11) is 0. The summed E-state index contributed by atoms with van der Waals surface area (Å²) in [4.78, 5) is 4.86. The Morgan fingerprint density at radius 2 is 0.795 bits per heavy atom. The molecule has 0 saturated heterocycles. The van der Waals surface area contributed by atoms with Gasteiger partial charge < -0.3 is 18.3 Å². The number of aromatic nitrogens is 4. The van der Waals surface area contributed by atoms with Crippen molar-refractivity contribution in [2.24, 2.45) is 0 Å². The molecule has 0 saturated carbocycles. The molecule has 0 N–H and O–H groups in total. The van der Waals surface area contributed by atoms with E-state index in [1.807, 2.05) is 0 Å². The van der Waals surface area contributed by atoms with Crippen molar-refractivity contribution in [3.63, 3.8) is 0 Å². The van der Waals surface area contributed by atoms with Crippen LogP contribution < -0.4 is 0 Å². The Balaban J connectivity index is 1.15. The number of nitrogens with zero attached hydrogens (tertiary/aromatic N) is 6. The summed E-state index contributed by atoms with van der Waals surface area (Å²) in [6, 6.07) is 94.1. The first-order valence-electron chi connectivity index (χ1n) is 27.9. The largest absolute Gasteiger partial charge is 0.318 e. The molecule has 5 heterocycles. The molecular weight excluding hydrogens is 1030 g/mol. The minimum Gasteiger partial charge on any atom is -0.318 e. The predicted octanol–water partition coefficient (Wildman–Crippen LogP) is 20.8. The normalized spacial score (nSPS) is 12.1. The van der Waals surface area contributed by atoms with E-state index in [4.69, 9.17) is 4.85 Å². The van der Waals surface area contributed by atoms with Crippen molar-refractivity contribution in [1.82, 2.24) is 18.3 Å². The van der Waals surface area contributed by atoms with Crippen molar-refractivity contribution in [3.05, 3.63) is 272 Å². The monoisotopic (exact) mass is 1070 g/mol. The van der Waals surface area contributed by atoms with E-state index in [0.717, 1.165) is 120 Å². The number of thiophene rings is 1. The second-order valence-electron chi connectivity index (χ2n) is 21.6. The van der Waals surface area contributed by atoms with Crippen molar-refractivity contribution in [2.45, 2.75) is 0 Å². The molecule has 0 unspecified atom stereocenters. The Hall–Kier alpha value is -11.2. The van der Waals surface area contributed by atoms with Crippen LogP contribution in [0.15, 0.2) is 255 Å². The third-order valence-electron chi connectivity index (χ3n) is 17.6. The number of nitriles is 1. The molecule has 382 valence electrons. The second-order valence-corrected chi connectivity index (χ2v) is 22.7. The lowest BCUT2D eigenvalue weighted by atomic mass is 9.93. The Kier molecular flexibility index (Phi) is 9.42. The number of benzene rings is 13. The summed E-state index contributed by atoms with van der Waals surface area (Å²) in [5.41, 5.74) is 13.0. The molecule has 0 aliphatic heterocycles. The lowest BCUT2D eigenvalue weighted by Crippen LogP contribution is -2.14. The fraction of sp³-hybridized carbons (Fsp3) is 0. The summed E-state index contributed by atoms with van der Waals surface area (Å²) < 4.78 is 11.7. The van der Waals surface area contributed by atoms with Gasteiger partial charge in [-0.25, -0.2) is 4.85 Å². The zero-order valence-corrected chi connectivity index (χ0v) is 45.2. The zero-order valence-electron chi connectivity index (χ0n) is 44.3. The highest BCUT2D eigenvalue weighted by atomic mass is 32.1. The molecular formula is C76H42N6S. The smallest absolute Gasteiger partial charge is 0.237 e. The van der Waals surface area contributed by atoms with Crippen molar-refractivity contribution in [3.8, 4) is 39.9 Å². The van der Waals surface area contributed by atoms with Crippen LogP contribution in [-0.2, 0) is 0 Å². The van der Waals surface area contributed by atoms with Crippen molar-refractivity contribution in [2.75, 3.05) is 0 Å². The Morgan fingerprint density at radius 3 is 1.36 bits per heavy atom. The average molecular weight is 1070 g/mol. The van der Waals surface area contributed by atoms with Gasteiger partial charge in [0.1, 0.15) is 6.07 Å². The summed E-state index contributed by atoms with van der Waals surface area (Å²) in [6.07, 6.45) is 0. The van der Waals surface area contributed by atoms with E-state index in [-0.39, 0.29) is 0 Å². The van der Waals surface area contributed by atoms with E-state index in [9.17, 15) is 11.8 Å². The van der Waals surface area contributed by atoms with Crippen LogP contribution in [0.2, 0.25) is 0 Å². The first-order chi connectivity index (χ1) is 41.2. The number of para-hydroxylation sites is 6. The highest BCUT2D eigenvalue weighted by molar-refractivity contribution is 7.26. The molecule has 18 aromatic rings. The summed E-state index contributed by atoms with van der Waals surface area (Å²) in [5, 5.41) is 28.3. The van der Waals surface area contributed by atoms with Gasteiger partial charge in [-0.3, -0.25) is 0 Å². The van der Waals surface area contributed by atoms with Gasteiger partial charge in [0.2, 0.25) is 5.69 Å². The van der Waals surface area contributed by atoms with Gasteiger partial charge in [-0.05, 0) is 81.2 Å². The van der Waals surface area contributed by atoms with E-state index < -0.39 is 0 Å². The molecule has 0 aliphatic carbocycles. The molecule has 7 heteroatoms. The molecule has 0 bridgehead atoms. The van der Waals surface area contributed by atoms with Crippen molar-refractivity contribution in [1.29, 1.82) is 5.26 Å². The standard InChI is InChI=1S/C76H42N6S/c1-78-70-71(79-61-30-11-4-22-50(61)51-23-5-12-31-62(51)79)60(44-77)72(80-63-32-13-6-24-52(63)53-25-7-14-33-64(53)80)75(74(70)81-65-34-15-8-26-54(65)55-27-9-16-35-66(55)81)82-67-43-47(49-29-18-20-46-38-37-45-19-2-3-21-48(45)69(46)49)39-40-56(67)58-41-42-59-57-28-10-17-36-68(57)83-76(59)73(58)82/h2-43H. The molecule has 5 aromatic heterocycles. The summed E-state index contributed by atoms with van der Waals surface area (Å²) >= 11 is 1.80. The van der Waals surface area contributed by atoms with Crippen LogP contribution in [0.4, 0.5) is 5.69 Å². The van der Waals surface area contributed by atoms with Gasteiger partial charge >= 0.3 is 0 Å². The fourth-order valence-electron chi connectivity index (χ4n) is 14.2. The van der Waals surface area contributed by atoms with E-state index in [0.29, 0.717) is 28.3 Å². The molecule has 6 nitrogen and oxygen atoms in total. The van der Waals surface area contributed by atoms with E-state index >= 15 is 0 Å². The lowest BCUT2D eigenvalue weighted by Gasteiger charge is -2.27. The first-order valence-corrected chi connectivity index (χ1v) is 28.8. The zero-order chi connectivity index (χ0) is 54.6. The summed E-state index contributed by atoms with van der Waals surface area (Å²) in [6.45, 7) is 9.96. The van der Waals surface area contributed by atoms with Gasteiger partial charge in [-0.1, -0.05) is 206 Å². The van der Waals surface area contributed by atoms with Crippen molar-refractivity contribution < 1.29 is 0 Å². The lowest BCUT2D eigenvalue weighted by molar-refractivity contribution is 1.04. The van der Waals surface area contributed by atoms with Crippen LogP contribution in [0.3, 0.4) is 0 Å². The highest BCUT2D eigenvalue weighted by Gasteiger charge is 2.35. The molecule has 13 aromatic carbocycles. The molecule has 0 aliphatic rings. The van der Waals surface area contributed by atoms with Crippen LogP contribution in [0, 0.1) is 17.9 Å². The Morgan fingerprint density at radius 1 is 0.349 bits per heavy atom. The maximum Gasteiger partial charge on any atom is 0.237 e. The highest BCUT2D eigenvalue weighted by Crippen LogP contribution is 2.54. The molecule has 0 atom stereocenters. The first kappa shape index (κ1) is 45.6. The average Bonchev–Trinajstić information content (AvgIpc) is 2.07. The molecule has 18 rings (SSSR count). The maximum atomic E-state index is 12.8. The predicted molar refractivity (Wildman–Crippen MR) is 348 cm³/mol. The molecule has 0 fully saturated rings. The van der Waals surface area contributed by atoms with Crippen LogP contribution in [-0.4, -0.2) is 18.3 Å². The SMILES string of the molecule is [C-]#[N+]c1c(-n2c3ccccc3c3ccccc32)c(C#N)c(-n2c3ccccc3c3ccccc32)c(-n2c3cc(-c4cccc5ccc6ccccc6c45)ccc3c3ccc4c5ccccc5sc4c32)c1-n1c2ccccc2c2ccccc21. The van der Waals surface area contributed by atoms with Gasteiger partial charge in [0.05, 0.1) is 83.7 Å². The van der Waals surface area contributed by atoms with Crippen LogP contribution in [0.5, 0.6) is 0 Å². The quantitative estimate of drug-likeness (QED) is 0.125. The minimum atomic E-state index is 0.356. The number of hydrogen-bond acceptors (Lipinski definition) is 2. The topological polar surface area (TPSA) is 47.9 Å². The number of hydrogen-bond donors (Lipinski definition) is 0. The third-order valence-corrected chi connectivity index (χ3v) is 18.8. The number of fused-ring (bicyclic) bond motifs is 19. The van der Waals surface area contributed by atoms with E-state index in [1.165, 1.54) is 26.2 Å². The Bertz CT molecular complexity index is 5670. The minimum absolute atomic E-state index is 0.356. The molecule has 83 heavy (non-hydrogen) atoms. The van der Waals surface area contributed by atoms with Crippen molar-refractivity contribution >= 4 is 146 Å². The summed E-state index contributed by atoms with van der Waals surface area (Å²) in [5.74, 6) is 0. The number of rotatable bonds is 5. The maximum absolute atomic E-state index is 12.8. The fourth-order valence-corrected chi connectivity index (χ4v) is 15.5. The van der Waals surface area contributed by atoms with E-state index in [2.05, 4.69) is 279 Å². The van der Waals surface area contributed by atoms with Gasteiger partial charge in [0, 0.05) is 58.6 Å². The third kappa shape index (κ3) is 6.13. The second kappa shape index (κ2) is 17.1. The molecule has 0 radical (unpaired) electrons. The Labute approximate surface area is 478 Å². The van der Waals surface area contributed by atoms with Crippen LogP contribution >= 0.6 is 11.3 Å². The van der Waals surface area contributed by atoms with Gasteiger partial charge in [-0.15, -0.1) is 11.3 Å². The van der Waals surface area contributed by atoms with Gasteiger partial charge in [-0.2, -0.15) is 5.26 Å². The van der Waals surface area contributed by atoms with Gasteiger partial charge in [0.25, 0.3) is 0 Å². The van der Waals surface area contributed by atoms with E-state index in [1.54, 1.807) is 11.3 Å². The van der Waals surface area contributed by atoms with Gasteiger partial charge in [0.15, 0.2) is 0 Å². The molecule has 0 spiro atoms. The van der Waals surface area contributed by atoms with Crippen LogP contribution in [0.25, 0.3) is 168 Å². The molecule has 0 amide bonds. The van der Waals surface area contributed by atoms with Crippen LogP contribution in [0.1, 0.15) is 5.56 Å².